The second-order valence-electron chi connectivity index (χ2n) is 5.57. The van der Waals surface area contributed by atoms with Gasteiger partial charge in [0.25, 0.3) is 0 Å². The van der Waals surface area contributed by atoms with Gasteiger partial charge in [-0.1, -0.05) is 30.3 Å². The van der Waals surface area contributed by atoms with Crippen LogP contribution < -0.4 is 0 Å². The van der Waals surface area contributed by atoms with Crippen LogP contribution in [-0.4, -0.2) is 29.4 Å². The lowest BCUT2D eigenvalue weighted by Gasteiger charge is -2.43. The maximum atomic E-state index is 11.5. The molecule has 0 saturated carbocycles. The number of thiophene rings is 1. The average Bonchev–Trinajstić information content (AvgIpc) is 2.99. The van der Waals surface area contributed by atoms with Crippen LogP contribution in [0.1, 0.15) is 38.5 Å². The van der Waals surface area contributed by atoms with Gasteiger partial charge < -0.3 is 10.0 Å². The summed E-state index contributed by atoms with van der Waals surface area (Å²) >= 11 is 1.29. The molecule has 1 aromatic carbocycles. The molecule has 0 saturated heterocycles. The molecule has 1 atom stereocenters. The Labute approximate surface area is 133 Å². The van der Waals surface area contributed by atoms with E-state index in [2.05, 4.69) is 0 Å². The quantitative estimate of drug-likeness (QED) is 0.882. The molecule has 0 bridgehead atoms. The third-order valence-electron chi connectivity index (χ3n) is 4.39. The van der Waals surface area contributed by atoms with Crippen LogP contribution in [0, 0.1) is 0 Å². The maximum Gasteiger partial charge on any atom is 0.345 e. The first kappa shape index (κ1) is 14.8. The Morgan fingerprint density at radius 3 is 2.73 bits per heavy atom. The van der Waals surface area contributed by atoms with Crippen molar-refractivity contribution < 1.29 is 14.7 Å². The zero-order valence-electron chi connectivity index (χ0n) is 12.3. The second kappa shape index (κ2) is 5.57. The lowest BCUT2D eigenvalue weighted by atomic mass is 9.76. The molecule has 114 valence electrons. The van der Waals surface area contributed by atoms with Crippen molar-refractivity contribution in [1.82, 2.24) is 4.90 Å². The van der Waals surface area contributed by atoms with Gasteiger partial charge in [-0.15, -0.1) is 11.3 Å². The monoisotopic (exact) mass is 315 g/mol. The van der Waals surface area contributed by atoms with Gasteiger partial charge in [-0.25, -0.2) is 4.79 Å². The number of carbonyl (C=O) groups is 2. The molecule has 3 rings (SSSR count). The predicted octanol–water partition coefficient (Wildman–Crippen LogP) is 3.11. The molecule has 1 unspecified atom stereocenters. The highest BCUT2D eigenvalue weighted by molar-refractivity contribution is 7.14. The molecule has 1 aromatic heterocycles. The lowest BCUT2D eigenvalue weighted by molar-refractivity contribution is -0.121. The van der Waals surface area contributed by atoms with E-state index < -0.39 is 11.5 Å². The molecule has 1 amide bonds. The number of hydrogen-bond donors (Lipinski definition) is 1. The van der Waals surface area contributed by atoms with Crippen molar-refractivity contribution in [3.05, 3.63) is 57.3 Å². The topological polar surface area (TPSA) is 57.6 Å². The predicted molar refractivity (Wildman–Crippen MR) is 85.3 cm³/mol. The number of carboxylic acid groups (broad SMARTS) is 1. The van der Waals surface area contributed by atoms with Crippen LogP contribution in [0.3, 0.4) is 0 Å². The van der Waals surface area contributed by atoms with Gasteiger partial charge in [0.15, 0.2) is 0 Å². The van der Waals surface area contributed by atoms with E-state index in [1.807, 2.05) is 30.3 Å². The fourth-order valence-electron chi connectivity index (χ4n) is 3.34. The highest BCUT2D eigenvalue weighted by Gasteiger charge is 2.43. The van der Waals surface area contributed by atoms with Crippen LogP contribution in [0.4, 0.5) is 0 Å². The van der Waals surface area contributed by atoms with Crippen molar-refractivity contribution in [2.24, 2.45) is 0 Å². The normalized spacial score (nSPS) is 20.2. The average molecular weight is 315 g/mol. The summed E-state index contributed by atoms with van der Waals surface area (Å²) in [6, 6.07) is 11.6. The van der Waals surface area contributed by atoms with Crippen LogP contribution in [0.25, 0.3) is 0 Å². The fourth-order valence-corrected chi connectivity index (χ4v) is 4.67. The highest BCUT2D eigenvalue weighted by Crippen LogP contribution is 2.47. The molecule has 22 heavy (non-hydrogen) atoms. The van der Waals surface area contributed by atoms with Crippen molar-refractivity contribution in [2.45, 2.75) is 24.8 Å². The molecule has 5 heteroatoms. The molecule has 1 aliphatic carbocycles. The van der Waals surface area contributed by atoms with E-state index in [1.165, 1.54) is 11.3 Å². The number of amides is 1. The van der Waals surface area contributed by atoms with Crippen molar-refractivity contribution in [3.8, 4) is 0 Å². The molecule has 0 spiro atoms. The van der Waals surface area contributed by atoms with E-state index in [0.29, 0.717) is 4.88 Å². The van der Waals surface area contributed by atoms with Crippen molar-refractivity contribution >= 4 is 23.7 Å². The zero-order valence-corrected chi connectivity index (χ0v) is 13.1. The van der Waals surface area contributed by atoms with Gasteiger partial charge in [0.1, 0.15) is 10.4 Å². The Morgan fingerprint density at radius 2 is 2.09 bits per heavy atom. The summed E-state index contributed by atoms with van der Waals surface area (Å²) < 4.78 is 0. The zero-order chi connectivity index (χ0) is 15.7. The summed E-state index contributed by atoms with van der Waals surface area (Å²) in [5.41, 5.74) is 1.52. The highest BCUT2D eigenvalue weighted by atomic mass is 32.1. The van der Waals surface area contributed by atoms with Gasteiger partial charge >= 0.3 is 5.97 Å². The molecule has 0 radical (unpaired) electrons. The van der Waals surface area contributed by atoms with E-state index >= 15 is 0 Å². The minimum atomic E-state index is -0.907. The molecule has 1 aliphatic rings. The fraction of sp³-hybridized carbons (Fsp3) is 0.294. The number of aromatic carboxylic acids is 1. The second-order valence-corrected chi connectivity index (χ2v) is 6.62. The van der Waals surface area contributed by atoms with E-state index in [9.17, 15) is 14.7 Å². The van der Waals surface area contributed by atoms with Gasteiger partial charge in [0.2, 0.25) is 6.41 Å². The number of benzene rings is 1. The van der Waals surface area contributed by atoms with Crippen LogP contribution in [0.2, 0.25) is 0 Å². The first-order chi connectivity index (χ1) is 10.6. The third-order valence-corrected chi connectivity index (χ3v) is 5.71. The number of nitrogens with zero attached hydrogens (tertiary/aromatic N) is 1. The smallest absolute Gasteiger partial charge is 0.345 e. The standard InChI is InChI=1S/C17H17NO3S/c1-18(11-19)17(13-7-3-2-4-8-13)9-5-6-12-10-14(16(20)21)22-15(12)17/h2-4,7-8,10-11H,5-6,9H2,1H3,(H,20,21). The first-order valence-electron chi connectivity index (χ1n) is 7.20. The Morgan fingerprint density at radius 1 is 1.36 bits per heavy atom. The summed E-state index contributed by atoms with van der Waals surface area (Å²) in [6.07, 6.45) is 3.43. The van der Waals surface area contributed by atoms with E-state index in [4.69, 9.17) is 0 Å². The SMILES string of the molecule is CN(C=O)C1(c2ccccc2)CCCc2cc(C(=O)O)sc21. The number of aryl methyl sites for hydroxylation is 1. The minimum absolute atomic E-state index is 0.339. The Bertz CT molecular complexity index is 710. The van der Waals surface area contributed by atoms with E-state index in [-0.39, 0.29) is 0 Å². The molecule has 1 N–H and O–H groups in total. The van der Waals surface area contributed by atoms with Crippen molar-refractivity contribution in [1.29, 1.82) is 0 Å². The Balaban J connectivity index is 2.25. The van der Waals surface area contributed by atoms with Gasteiger partial charge in [-0.2, -0.15) is 0 Å². The summed E-state index contributed by atoms with van der Waals surface area (Å²) in [5, 5.41) is 9.30. The molecule has 0 fully saturated rings. The first-order valence-corrected chi connectivity index (χ1v) is 8.01. The van der Waals surface area contributed by atoms with Crippen LogP contribution in [-0.2, 0) is 16.8 Å². The number of rotatable bonds is 4. The molecular formula is C17H17NO3S. The molecule has 4 nitrogen and oxygen atoms in total. The summed E-state index contributed by atoms with van der Waals surface area (Å²) in [4.78, 5) is 25.9. The lowest BCUT2D eigenvalue weighted by Crippen LogP contribution is -2.45. The van der Waals surface area contributed by atoms with E-state index in [0.717, 1.165) is 41.7 Å². The van der Waals surface area contributed by atoms with E-state index in [1.54, 1.807) is 18.0 Å². The van der Waals surface area contributed by atoms with Crippen molar-refractivity contribution in [3.63, 3.8) is 0 Å². The van der Waals surface area contributed by atoms with Gasteiger partial charge in [-0.3, -0.25) is 4.79 Å². The van der Waals surface area contributed by atoms with Crippen LogP contribution in [0.5, 0.6) is 0 Å². The summed E-state index contributed by atoms with van der Waals surface area (Å²) in [7, 11) is 1.77. The van der Waals surface area contributed by atoms with Gasteiger partial charge in [-0.05, 0) is 36.5 Å². The summed E-state index contributed by atoms with van der Waals surface area (Å²) in [6.45, 7) is 0. The number of carboxylic acids is 1. The minimum Gasteiger partial charge on any atom is -0.477 e. The van der Waals surface area contributed by atoms with Crippen LogP contribution in [0.15, 0.2) is 36.4 Å². The molecule has 1 heterocycles. The van der Waals surface area contributed by atoms with Crippen LogP contribution >= 0.6 is 11.3 Å². The molecular weight excluding hydrogens is 298 g/mol. The Hall–Kier alpha value is -2.14. The van der Waals surface area contributed by atoms with Gasteiger partial charge in [0, 0.05) is 11.9 Å². The molecule has 0 aliphatic heterocycles. The number of carbonyl (C=O) groups excluding carboxylic acids is 1. The summed E-state index contributed by atoms with van der Waals surface area (Å²) in [5.74, 6) is -0.907. The number of hydrogen-bond acceptors (Lipinski definition) is 3. The maximum absolute atomic E-state index is 11.5. The Kier molecular flexibility index (Phi) is 3.74. The van der Waals surface area contributed by atoms with Crippen molar-refractivity contribution in [2.75, 3.05) is 7.05 Å². The van der Waals surface area contributed by atoms with Gasteiger partial charge in [0.05, 0.1) is 0 Å². The molecule has 2 aromatic rings. The number of fused-ring (bicyclic) bond motifs is 1. The third kappa shape index (κ3) is 2.13. The largest absolute Gasteiger partial charge is 0.477 e.